The molecule has 2 N–H and O–H groups in total. The largest absolute Gasteiger partial charge is 0.370 e. The van der Waals surface area contributed by atoms with Gasteiger partial charge in [0.2, 0.25) is 17.7 Å². The van der Waals surface area contributed by atoms with Crippen molar-refractivity contribution in [2.75, 3.05) is 26.2 Å². The van der Waals surface area contributed by atoms with Crippen LogP contribution in [0.5, 0.6) is 0 Å². The van der Waals surface area contributed by atoms with Gasteiger partial charge in [-0.25, -0.2) is 0 Å². The van der Waals surface area contributed by atoms with Gasteiger partial charge in [0.25, 0.3) is 0 Å². The zero-order chi connectivity index (χ0) is 19.4. The monoisotopic (exact) mass is 371 g/mol. The zero-order valence-corrected chi connectivity index (χ0v) is 16.0. The second kappa shape index (κ2) is 8.11. The fourth-order valence-electron chi connectivity index (χ4n) is 4.48. The van der Waals surface area contributed by atoms with Gasteiger partial charge >= 0.3 is 0 Å². The SMILES string of the molecule is CCN1CC2(CCN(C(=O)CCC(N)=O)CC2)CC(c2ccccc2)C1=O. The van der Waals surface area contributed by atoms with Gasteiger partial charge in [-0.15, -0.1) is 0 Å². The van der Waals surface area contributed by atoms with E-state index in [0.717, 1.165) is 31.4 Å². The van der Waals surface area contributed by atoms with Crippen molar-refractivity contribution < 1.29 is 14.4 Å². The fourth-order valence-corrected chi connectivity index (χ4v) is 4.48. The molecule has 0 bridgehead atoms. The topological polar surface area (TPSA) is 83.7 Å². The Bertz CT molecular complexity index is 696. The van der Waals surface area contributed by atoms with E-state index in [1.54, 1.807) is 0 Å². The van der Waals surface area contributed by atoms with Gasteiger partial charge < -0.3 is 15.5 Å². The van der Waals surface area contributed by atoms with Gasteiger partial charge in [-0.1, -0.05) is 30.3 Å². The molecule has 27 heavy (non-hydrogen) atoms. The molecule has 1 aromatic carbocycles. The van der Waals surface area contributed by atoms with Crippen LogP contribution in [0.4, 0.5) is 0 Å². The average Bonchev–Trinajstić information content (AvgIpc) is 2.69. The van der Waals surface area contributed by atoms with Crippen LogP contribution in [0, 0.1) is 5.41 Å². The number of hydrogen-bond acceptors (Lipinski definition) is 3. The Morgan fingerprint density at radius 2 is 1.81 bits per heavy atom. The molecular weight excluding hydrogens is 342 g/mol. The van der Waals surface area contributed by atoms with Crippen molar-refractivity contribution in [3.63, 3.8) is 0 Å². The Labute approximate surface area is 160 Å². The molecule has 0 aromatic heterocycles. The molecule has 2 aliphatic rings. The quantitative estimate of drug-likeness (QED) is 0.858. The van der Waals surface area contributed by atoms with Crippen LogP contribution in [-0.4, -0.2) is 53.7 Å². The third kappa shape index (κ3) is 4.31. The number of rotatable bonds is 5. The lowest BCUT2D eigenvalue weighted by atomic mass is 9.67. The number of nitrogens with two attached hydrogens (primary N) is 1. The minimum Gasteiger partial charge on any atom is -0.370 e. The molecule has 3 rings (SSSR count). The van der Waals surface area contributed by atoms with Gasteiger partial charge in [-0.05, 0) is 37.2 Å². The first-order chi connectivity index (χ1) is 12.9. The number of benzene rings is 1. The van der Waals surface area contributed by atoms with E-state index in [0.29, 0.717) is 19.6 Å². The summed E-state index contributed by atoms with van der Waals surface area (Å²) in [6.07, 6.45) is 2.92. The van der Waals surface area contributed by atoms with Crippen LogP contribution in [0.3, 0.4) is 0 Å². The molecule has 0 radical (unpaired) electrons. The number of carbonyl (C=O) groups is 3. The summed E-state index contributed by atoms with van der Waals surface area (Å²) in [5, 5.41) is 0. The van der Waals surface area contributed by atoms with Crippen molar-refractivity contribution >= 4 is 17.7 Å². The minimum atomic E-state index is -0.438. The predicted molar refractivity (Wildman–Crippen MR) is 103 cm³/mol. The molecule has 2 heterocycles. The van der Waals surface area contributed by atoms with Gasteiger partial charge in [0, 0.05) is 39.0 Å². The lowest BCUT2D eigenvalue weighted by Crippen LogP contribution is -2.54. The van der Waals surface area contributed by atoms with Crippen LogP contribution >= 0.6 is 0 Å². The molecule has 1 unspecified atom stereocenters. The zero-order valence-electron chi connectivity index (χ0n) is 16.0. The normalized spacial score (nSPS) is 22.1. The van der Waals surface area contributed by atoms with E-state index in [2.05, 4.69) is 0 Å². The van der Waals surface area contributed by atoms with Crippen molar-refractivity contribution in [2.45, 2.75) is 44.9 Å². The van der Waals surface area contributed by atoms with Gasteiger partial charge in [0.05, 0.1) is 5.92 Å². The molecule has 2 aliphatic heterocycles. The van der Waals surface area contributed by atoms with Crippen LogP contribution in [0.2, 0.25) is 0 Å². The lowest BCUT2D eigenvalue weighted by molar-refractivity contribution is -0.144. The molecule has 6 nitrogen and oxygen atoms in total. The second-order valence-corrected chi connectivity index (χ2v) is 7.87. The van der Waals surface area contributed by atoms with Crippen LogP contribution in [0.15, 0.2) is 30.3 Å². The molecule has 3 amide bonds. The van der Waals surface area contributed by atoms with Crippen molar-refractivity contribution in [1.29, 1.82) is 0 Å². The Hall–Kier alpha value is -2.37. The number of amides is 3. The number of nitrogens with zero attached hydrogens (tertiary/aromatic N) is 2. The molecule has 6 heteroatoms. The van der Waals surface area contributed by atoms with E-state index in [-0.39, 0.29) is 36.0 Å². The summed E-state index contributed by atoms with van der Waals surface area (Å²) in [6.45, 7) is 4.89. The number of likely N-dealkylation sites (tertiary alicyclic amines) is 2. The van der Waals surface area contributed by atoms with Crippen LogP contribution in [0.25, 0.3) is 0 Å². The first-order valence-electron chi connectivity index (χ1n) is 9.84. The third-order valence-electron chi connectivity index (χ3n) is 6.12. The van der Waals surface area contributed by atoms with Crippen LogP contribution < -0.4 is 5.73 Å². The van der Waals surface area contributed by atoms with Crippen LogP contribution in [-0.2, 0) is 14.4 Å². The van der Waals surface area contributed by atoms with Gasteiger partial charge in [-0.3, -0.25) is 14.4 Å². The van der Waals surface area contributed by atoms with E-state index in [4.69, 9.17) is 5.73 Å². The first-order valence-corrected chi connectivity index (χ1v) is 9.84. The summed E-state index contributed by atoms with van der Waals surface area (Å²) < 4.78 is 0. The summed E-state index contributed by atoms with van der Waals surface area (Å²) >= 11 is 0. The molecule has 1 atom stereocenters. The van der Waals surface area contributed by atoms with E-state index in [1.165, 1.54) is 0 Å². The molecule has 0 aliphatic carbocycles. The maximum atomic E-state index is 12.9. The number of carbonyl (C=O) groups excluding carboxylic acids is 3. The molecule has 2 saturated heterocycles. The van der Waals surface area contributed by atoms with E-state index < -0.39 is 5.91 Å². The van der Waals surface area contributed by atoms with Gasteiger partial charge in [0.15, 0.2) is 0 Å². The molecule has 0 saturated carbocycles. The highest BCUT2D eigenvalue weighted by atomic mass is 16.2. The Kier molecular flexibility index (Phi) is 5.82. The summed E-state index contributed by atoms with van der Waals surface area (Å²) in [5.41, 5.74) is 6.29. The van der Waals surface area contributed by atoms with Crippen molar-refractivity contribution in [3.05, 3.63) is 35.9 Å². The number of hydrogen-bond donors (Lipinski definition) is 1. The summed E-state index contributed by atoms with van der Waals surface area (Å²) in [5.74, 6) is -0.319. The smallest absolute Gasteiger partial charge is 0.230 e. The molecule has 2 fully saturated rings. The molecule has 146 valence electrons. The Morgan fingerprint density at radius 3 is 2.41 bits per heavy atom. The lowest BCUT2D eigenvalue weighted by Gasteiger charge is -2.49. The van der Waals surface area contributed by atoms with Gasteiger partial charge in [-0.2, -0.15) is 0 Å². The summed E-state index contributed by atoms with van der Waals surface area (Å²) in [6, 6.07) is 10.0. The fraction of sp³-hybridized carbons (Fsp3) is 0.571. The summed E-state index contributed by atoms with van der Waals surface area (Å²) in [7, 11) is 0. The van der Waals surface area contributed by atoms with E-state index >= 15 is 0 Å². The first kappa shape index (κ1) is 19.4. The highest BCUT2D eigenvalue weighted by Crippen LogP contribution is 2.45. The van der Waals surface area contributed by atoms with Crippen molar-refractivity contribution in [3.8, 4) is 0 Å². The highest BCUT2D eigenvalue weighted by Gasteiger charge is 2.46. The maximum absolute atomic E-state index is 12.9. The van der Waals surface area contributed by atoms with Crippen LogP contribution in [0.1, 0.15) is 50.5 Å². The highest BCUT2D eigenvalue weighted by molar-refractivity contribution is 5.85. The average molecular weight is 371 g/mol. The van der Waals surface area contributed by atoms with E-state index in [9.17, 15) is 14.4 Å². The molecular formula is C21H29N3O3. The number of piperidine rings is 2. The Balaban J connectivity index is 1.70. The van der Waals surface area contributed by atoms with Crippen molar-refractivity contribution in [1.82, 2.24) is 9.80 Å². The molecule has 1 spiro atoms. The number of likely N-dealkylation sites (N-methyl/N-ethyl adjacent to an activating group) is 1. The maximum Gasteiger partial charge on any atom is 0.230 e. The standard InChI is InChI=1S/C21H29N3O3/c1-2-23-15-21(14-17(20(23)27)16-6-4-3-5-7-16)10-12-24(13-11-21)19(26)9-8-18(22)25/h3-7,17H,2,8-15H2,1H3,(H2,22,25). The third-order valence-corrected chi connectivity index (χ3v) is 6.12. The number of primary amides is 1. The second-order valence-electron chi connectivity index (χ2n) is 7.87. The van der Waals surface area contributed by atoms with Gasteiger partial charge in [0.1, 0.15) is 0 Å². The predicted octanol–water partition coefficient (Wildman–Crippen LogP) is 1.90. The summed E-state index contributed by atoms with van der Waals surface area (Å²) in [4.78, 5) is 39.9. The minimum absolute atomic E-state index is 0.00231. The molecule has 1 aromatic rings. The van der Waals surface area contributed by atoms with Crippen molar-refractivity contribution in [2.24, 2.45) is 11.1 Å². The van der Waals surface area contributed by atoms with E-state index in [1.807, 2.05) is 47.1 Å². The Morgan fingerprint density at radius 1 is 1.15 bits per heavy atom.